The molecule has 0 amide bonds. The number of hydrogen-bond acceptors (Lipinski definition) is 0. The van der Waals surface area contributed by atoms with Crippen LogP contribution in [0.3, 0.4) is 0 Å². The highest BCUT2D eigenvalue weighted by atomic mass is 28.3. The molecule has 1 aliphatic heterocycles. The average molecular weight is 341 g/mol. The molecule has 128 valence electrons. The minimum atomic E-state index is -0.419. The summed E-state index contributed by atoms with van der Waals surface area (Å²) in [6.07, 6.45) is 7.06. The van der Waals surface area contributed by atoms with Gasteiger partial charge in [-0.2, -0.15) is 0 Å². The summed E-state index contributed by atoms with van der Waals surface area (Å²) >= 11 is 0. The predicted octanol–water partition coefficient (Wildman–Crippen LogP) is 6.79. The molecule has 0 N–H and O–H groups in total. The van der Waals surface area contributed by atoms with Gasteiger partial charge >= 0.3 is 0 Å². The van der Waals surface area contributed by atoms with Crippen molar-refractivity contribution in [3.63, 3.8) is 0 Å². The number of halogens is 1. The summed E-state index contributed by atoms with van der Waals surface area (Å²) in [6.45, 7) is 2.30. The van der Waals surface area contributed by atoms with Gasteiger partial charge < -0.3 is 0 Å². The molecule has 2 aromatic rings. The summed E-state index contributed by atoms with van der Waals surface area (Å²) in [7, 11) is -0.419. The Morgan fingerprint density at radius 2 is 1.46 bits per heavy atom. The molecule has 0 nitrogen and oxygen atoms in total. The molecule has 0 unspecified atom stereocenters. The molecule has 2 heteroatoms. The summed E-state index contributed by atoms with van der Waals surface area (Å²) in [4.78, 5) is 0. The molecule has 1 heterocycles. The second-order valence-corrected chi connectivity index (χ2v) is 10.8. The van der Waals surface area contributed by atoms with Crippen LogP contribution in [-0.2, 0) is 0 Å². The summed E-state index contributed by atoms with van der Waals surface area (Å²) in [5.74, 6) is 0.595. The van der Waals surface area contributed by atoms with Crippen LogP contribution in [0.15, 0.2) is 48.5 Å². The molecular weight excluding hydrogens is 311 g/mol. The van der Waals surface area contributed by atoms with Gasteiger partial charge in [-0.05, 0) is 47.6 Å². The molecule has 1 fully saturated rings. The lowest BCUT2D eigenvalue weighted by Crippen LogP contribution is -2.20. The standard InChI is InChI=1S/C22H29FSi/c1-2-3-4-15-24-16-13-21(14-17-24)19-7-5-18(6-8-19)20-9-11-22(23)12-10-20/h5-12,21,24H,2-4,13-17H2,1H3/t21-,24-. The van der Waals surface area contributed by atoms with E-state index in [2.05, 4.69) is 31.2 Å². The van der Waals surface area contributed by atoms with Crippen molar-refractivity contribution >= 4 is 8.80 Å². The zero-order valence-electron chi connectivity index (χ0n) is 14.8. The van der Waals surface area contributed by atoms with Crippen molar-refractivity contribution < 1.29 is 4.39 Å². The molecule has 3 rings (SSSR count). The Hall–Kier alpha value is -1.41. The Morgan fingerprint density at radius 1 is 0.875 bits per heavy atom. The van der Waals surface area contributed by atoms with Crippen LogP contribution in [0.5, 0.6) is 0 Å². The van der Waals surface area contributed by atoms with Crippen LogP contribution >= 0.6 is 0 Å². The zero-order chi connectivity index (χ0) is 16.8. The first-order valence-electron chi connectivity index (χ1n) is 9.62. The third-order valence-electron chi connectivity index (χ3n) is 5.62. The van der Waals surface area contributed by atoms with Gasteiger partial charge in [-0.15, -0.1) is 0 Å². The predicted molar refractivity (Wildman–Crippen MR) is 105 cm³/mol. The second kappa shape index (κ2) is 8.62. The normalized spacial score (nSPS) is 20.9. The van der Waals surface area contributed by atoms with Gasteiger partial charge in [-0.25, -0.2) is 4.39 Å². The highest BCUT2D eigenvalue weighted by molar-refractivity contribution is 6.59. The Kier molecular flexibility index (Phi) is 6.25. The number of benzene rings is 2. The molecule has 0 radical (unpaired) electrons. The molecule has 0 aliphatic carbocycles. The maximum Gasteiger partial charge on any atom is 0.123 e. The first-order valence-corrected chi connectivity index (χ1v) is 12.1. The molecule has 0 saturated carbocycles. The second-order valence-electron chi connectivity index (χ2n) is 7.34. The number of unbranched alkanes of at least 4 members (excludes halogenated alkanes) is 2. The van der Waals surface area contributed by atoms with Gasteiger partial charge in [0.1, 0.15) is 5.82 Å². The lowest BCUT2D eigenvalue weighted by Gasteiger charge is -2.28. The fourth-order valence-electron chi connectivity index (χ4n) is 4.06. The lowest BCUT2D eigenvalue weighted by molar-refractivity contribution is 0.603. The van der Waals surface area contributed by atoms with Gasteiger partial charge in [-0.3, -0.25) is 0 Å². The molecule has 1 saturated heterocycles. The Bertz CT molecular complexity index is 609. The van der Waals surface area contributed by atoms with E-state index in [0.717, 1.165) is 11.5 Å². The largest absolute Gasteiger partial charge is 0.207 e. The van der Waals surface area contributed by atoms with Crippen molar-refractivity contribution in [2.45, 2.75) is 63.1 Å². The van der Waals surface area contributed by atoms with E-state index in [1.165, 1.54) is 67.5 Å². The fraction of sp³-hybridized carbons (Fsp3) is 0.455. The average Bonchev–Trinajstić information content (AvgIpc) is 2.63. The van der Waals surface area contributed by atoms with E-state index in [1.807, 2.05) is 12.1 Å². The number of hydrogen-bond donors (Lipinski definition) is 0. The summed E-state index contributed by atoms with van der Waals surface area (Å²) < 4.78 is 13.0. The van der Waals surface area contributed by atoms with Crippen LogP contribution in [0.2, 0.25) is 18.1 Å². The third-order valence-corrected chi connectivity index (χ3v) is 9.15. The van der Waals surface area contributed by atoms with Gasteiger partial charge in [0.25, 0.3) is 0 Å². The quantitative estimate of drug-likeness (QED) is 0.401. The van der Waals surface area contributed by atoms with Crippen LogP contribution < -0.4 is 0 Å². The summed E-state index contributed by atoms with van der Waals surface area (Å²) in [5, 5.41) is 0. The topological polar surface area (TPSA) is 0 Å². The van der Waals surface area contributed by atoms with Crippen LogP contribution in [-0.4, -0.2) is 8.80 Å². The van der Waals surface area contributed by atoms with E-state index in [9.17, 15) is 4.39 Å². The Morgan fingerprint density at radius 3 is 2.04 bits per heavy atom. The van der Waals surface area contributed by atoms with Gasteiger partial charge in [0.05, 0.1) is 0 Å². The molecule has 0 atom stereocenters. The smallest absolute Gasteiger partial charge is 0.123 e. The van der Waals surface area contributed by atoms with Gasteiger partial charge in [0, 0.05) is 8.80 Å². The minimum Gasteiger partial charge on any atom is -0.207 e. The molecule has 2 aromatic carbocycles. The zero-order valence-corrected chi connectivity index (χ0v) is 16.0. The molecular formula is C22H29FSi. The Labute approximate surface area is 147 Å². The van der Waals surface area contributed by atoms with Gasteiger partial charge in [-0.1, -0.05) is 80.7 Å². The molecule has 0 bridgehead atoms. The highest BCUT2D eigenvalue weighted by Gasteiger charge is 2.22. The van der Waals surface area contributed by atoms with Crippen LogP contribution in [0.4, 0.5) is 4.39 Å². The van der Waals surface area contributed by atoms with Crippen LogP contribution in [0.25, 0.3) is 11.1 Å². The van der Waals surface area contributed by atoms with E-state index in [-0.39, 0.29) is 5.82 Å². The maximum atomic E-state index is 13.0. The summed E-state index contributed by atoms with van der Waals surface area (Å²) in [6, 6.07) is 20.4. The first-order chi connectivity index (χ1) is 11.8. The monoisotopic (exact) mass is 340 g/mol. The molecule has 1 aliphatic rings. The van der Waals surface area contributed by atoms with Crippen molar-refractivity contribution in [2.24, 2.45) is 0 Å². The summed E-state index contributed by atoms with van der Waals surface area (Å²) in [5.41, 5.74) is 3.78. The minimum absolute atomic E-state index is 0.171. The number of rotatable bonds is 6. The third kappa shape index (κ3) is 4.57. The van der Waals surface area contributed by atoms with Crippen molar-refractivity contribution in [3.05, 3.63) is 59.9 Å². The van der Waals surface area contributed by atoms with Crippen molar-refractivity contribution in [2.75, 3.05) is 0 Å². The lowest BCUT2D eigenvalue weighted by atomic mass is 9.92. The van der Waals surface area contributed by atoms with Crippen molar-refractivity contribution in [1.82, 2.24) is 0 Å². The van der Waals surface area contributed by atoms with Gasteiger partial charge in [0.2, 0.25) is 0 Å². The fourth-order valence-corrected chi connectivity index (χ4v) is 7.54. The van der Waals surface area contributed by atoms with Gasteiger partial charge in [0.15, 0.2) is 0 Å². The molecule has 0 aromatic heterocycles. The molecule has 0 spiro atoms. The molecule has 24 heavy (non-hydrogen) atoms. The van der Waals surface area contributed by atoms with Crippen molar-refractivity contribution in [1.29, 1.82) is 0 Å². The van der Waals surface area contributed by atoms with E-state index in [1.54, 1.807) is 6.04 Å². The Balaban J connectivity index is 1.56. The van der Waals surface area contributed by atoms with E-state index in [0.29, 0.717) is 0 Å². The highest BCUT2D eigenvalue weighted by Crippen LogP contribution is 2.36. The van der Waals surface area contributed by atoms with E-state index in [4.69, 9.17) is 0 Å². The maximum absolute atomic E-state index is 13.0. The van der Waals surface area contributed by atoms with E-state index < -0.39 is 8.80 Å². The van der Waals surface area contributed by atoms with E-state index >= 15 is 0 Å². The SMILES string of the molecule is CCCCC[Si@H]1CC[C@H](c2ccc(-c3ccc(F)cc3)cc2)CC1. The van der Waals surface area contributed by atoms with Crippen LogP contribution in [0.1, 0.15) is 50.5 Å². The van der Waals surface area contributed by atoms with Crippen LogP contribution in [0, 0.1) is 5.82 Å². The van der Waals surface area contributed by atoms with Crippen molar-refractivity contribution in [3.8, 4) is 11.1 Å². The first kappa shape index (κ1) is 17.4.